The molecule has 5 aromatic carbocycles. The molecule has 6 rings (SSSR count). The van der Waals surface area contributed by atoms with E-state index in [4.69, 9.17) is 0 Å². The summed E-state index contributed by atoms with van der Waals surface area (Å²) >= 11 is 0. The molecule has 0 unspecified atom stereocenters. The Bertz CT molecular complexity index is 1300. The van der Waals surface area contributed by atoms with E-state index in [0.29, 0.717) is 0 Å². The number of halogens is 1. The van der Waals surface area contributed by atoms with Gasteiger partial charge in [-0.3, -0.25) is 0 Å². The Labute approximate surface area is 213 Å². The van der Waals surface area contributed by atoms with Crippen LogP contribution in [0.25, 0.3) is 11.1 Å². The highest BCUT2D eigenvalue weighted by atomic mass is 79.9. The van der Waals surface area contributed by atoms with Crippen LogP contribution >= 0.6 is 7.26 Å². The Kier molecular flexibility index (Phi) is 6.50. The second-order valence-corrected chi connectivity index (χ2v) is 12.2. The Morgan fingerprint density at radius 2 is 0.941 bits per heavy atom. The second-order valence-electron chi connectivity index (χ2n) is 8.75. The van der Waals surface area contributed by atoms with Crippen LogP contribution in [0, 0.1) is 0 Å². The molecular formula is C32H26BrP. The summed E-state index contributed by atoms with van der Waals surface area (Å²) in [6, 6.07) is 49.4. The molecule has 0 saturated heterocycles. The molecule has 34 heavy (non-hydrogen) atoms. The highest BCUT2D eigenvalue weighted by Gasteiger charge is 2.46. The lowest BCUT2D eigenvalue weighted by atomic mass is 10.0. The first-order chi connectivity index (χ1) is 16.4. The van der Waals surface area contributed by atoms with E-state index in [-0.39, 0.29) is 17.0 Å². The predicted octanol–water partition coefficient (Wildman–Crippen LogP) is 3.76. The zero-order valence-electron chi connectivity index (χ0n) is 18.9. The number of rotatable bonds is 5. The van der Waals surface area contributed by atoms with Crippen LogP contribution in [0.4, 0.5) is 0 Å². The van der Waals surface area contributed by atoms with E-state index in [1.807, 2.05) is 0 Å². The van der Waals surface area contributed by atoms with Crippen molar-refractivity contribution in [3.8, 4) is 11.1 Å². The van der Waals surface area contributed by atoms with Gasteiger partial charge in [-0.05, 0) is 70.6 Å². The fourth-order valence-electron chi connectivity index (χ4n) is 5.40. The molecule has 0 spiro atoms. The first-order valence-electron chi connectivity index (χ1n) is 11.6. The predicted molar refractivity (Wildman–Crippen MR) is 144 cm³/mol. The number of hydrogen-bond acceptors (Lipinski definition) is 0. The van der Waals surface area contributed by atoms with Crippen LogP contribution in [0.15, 0.2) is 133 Å². The quantitative estimate of drug-likeness (QED) is 0.303. The van der Waals surface area contributed by atoms with Gasteiger partial charge in [-0.25, -0.2) is 0 Å². The molecule has 0 aliphatic heterocycles. The number of fused-ring (bicyclic) bond motifs is 3. The van der Waals surface area contributed by atoms with Gasteiger partial charge < -0.3 is 17.0 Å². The number of hydrogen-bond donors (Lipinski definition) is 0. The minimum absolute atomic E-state index is 0. The van der Waals surface area contributed by atoms with Crippen LogP contribution < -0.4 is 32.9 Å². The lowest BCUT2D eigenvalue weighted by Crippen LogP contribution is -3.00. The summed E-state index contributed by atoms with van der Waals surface area (Å²) in [5.74, 6) is 0. The molecule has 0 fully saturated rings. The van der Waals surface area contributed by atoms with Crippen molar-refractivity contribution in [3.63, 3.8) is 0 Å². The maximum Gasteiger partial charge on any atom is 0.116 e. The SMILES string of the molecule is [Br-].c1ccc([P+](Cc2cccc3c2Cc2ccccc2-3)(c2ccccc2)c2ccccc2)cc1. The van der Waals surface area contributed by atoms with Crippen molar-refractivity contribution in [2.45, 2.75) is 12.6 Å². The molecule has 0 nitrogen and oxygen atoms in total. The van der Waals surface area contributed by atoms with E-state index < -0.39 is 7.26 Å². The van der Waals surface area contributed by atoms with Gasteiger partial charge in [0.15, 0.2) is 0 Å². The minimum atomic E-state index is -1.90. The van der Waals surface area contributed by atoms with Crippen molar-refractivity contribution < 1.29 is 17.0 Å². The zero-order valence-corrected chi connectivity index (χ0v) is 21.4. The average molecular weight is 521 g/mol. The van der Waals surface area contributed by atoms with Gasteiger partial charge in [-0.1, -0.05) is 97.1 Å². The average Bonchev–Trinajstić information content (AvgIpc) is 3.28. The molecule has 5 aromatic rings. The summed E-state index contributed by atoms with van der Waals surface area (Å²) in [5.41, 5.74) is 7.25. The summed E-state index contributed by atoms with van der Waals surface area (Å²) in [4.78, 5) is 0. The summed E-state index contributed by atoms with van der Waals surface area (Å²) in [6.45, 7) is 0. The zero-order chi connectivity index (χ0) is 22.1. The standard InChI is InChI=1S/C32H26P.BrH/c1-4-15-27(16-5-1)33(28-17-6-2-7-18-28,29-19-8-3-9-20-29)24-26-14-12-22-31-30-21-11-10-13-25(30)23-32(26)31;/h1-22H,23-24H2;1H/q+1;/p-1. The first kappa shape index (κ1) is 22.8. The van der Waals surface area contributed by atoms with Crippen molar-refractivity contribution in [1.29, 1.82) is 0 Å². The van der Waals surface area contributed by atoms with Gasteiger partial charge in [0.05, 0.1) is 6.16 Å². The van der Waals surface area contributed by atoms with Crippen LogP contribution in [0.3, 0.4) is 0 Å². The van der Waals surface area contributed by atoms with Gasteiger partial charge in [0, 0.05) is 0 Å². The molecule has 1 aliphatic rings. The third-order valence-corrected chi connectivity index (χ3v) is 11.3. The fourth-order valence-corrected chi connectivity index (χ4v) is 9.69. The van der Waals surface area contributed by atoms with E-state index in [2.05, 4.69) is 133 Å². The Morgan fingerprint density at radius 3 is 1.50 bits per heavy atom. The molecule has 0 aromatic heterocycles. The third kappa shape index (κ3) is 3.84. The lowest BCUT2D eigenvalue weighted by Gasteiger charge is -2.28. The van der Waals surface area contributed by atoms with Gasteiger partial charge in [-0.15, -0.1) is 0 Å². The molecule has 0 amide bonds. The molecular weight excluding hydrogens is 495 g/mol. The molecule has 0 bridgehead atoms. The van der Waals surface area contributed by atoms with Crippen molar-refractivity contribution in [2.75, 3.05) is 0 Å². The summed E-state index contributed by atoms with van der Waals surface area (Å²) < 4.78 is 0. The molecule has 0 heterocycles. The van der Waals surface area contributed by atoms with Gasteiger partial charge in [0.25, 0.3) is 0 Å². The monoisotopic (exact) mass is 520 g/mol. The molecule has 166 valence electrons. The first-order valence-corrected chi connectivity index (χ1v) is 13.6. The van der Waals surface area contributed by atoms with Gasteiger partial charge in [-0.2, -0.15) is 0 Å². The summed E-state index contributed by atoms with van der Waals surface area (Å²) in [7, 11) is -1.90. The van der Waals surface area contributed by atoms with Crippen LogP contribution in [0.1, 0.15) is 16.7 Å². The smallest absolute Gasteiger partial charge is 0.116 e. The van der Waals surface area contributed by atoms with E-state index in [0.717, 1.165) is 12.6 Å². The largest absolute Gasteiger partial charge is 1.00 e. The number of benzene rings is 5. The normalized spacial score (nSPS) is 11.9. The van der Waals surface area contributed by atoms with E-state index in [1.54, 1.807) is 0 Å². The Morgan fingerprint density at radius 1 is 0.471 bits per heavy atom. The van der Waals surface area contributed by atoms with Crippen LogP contribution in [-0.2, 0) is 12.6 Å². The van der Waals surface area contributed by atoms with E-state index >= 15 is 0 Å². The van der Waals surface area contributed by atoms with E-state index in [9.17, 15) is 0 Å². The highest BCUT2D eigenvalue weighted by molar-refractivity contribution is 7.95. The Hall–Kier alpha value is -2.99. The second kappa shape index (κ2) is 9.71. The lowest BCUT2D eigenvalue weighted by molar-refractivity contribution is -0.00000629. The molecule has 2 heteroatoms. The molecule has 1 aliphatic carbocycles. The third-order valence-electron chi connectivity index (χ3n) is 6.95. The van der Waals surface area contributed by atoms with Gasteiger partial charge >= 0.3 is 0 Å². The molecule has 0 atom stereocenters. The minimum Gasteiger partial charge on any atom is -1.00 e. The molecule has 0 N–H and O–H groups in total. The van der Waals surface area contributed by atoms with Crippen LogP contribution in [0.5, 0.6) is 0 Å². The van der Waals surface area contributed by atoms with Crippen molar-refractivity contribution >= 4 is 23.2 Å². The summed E-state index contributed by atoms with van der Waals surface area (Å²) in [5, 5.41) is 4.32. The maximum absolute atomic E-state index is 2.37. The van der Waals surface area contributed by atoms with Crippen LogP contribution in [0.2, 0.25) is 0 Å². The van der Waals surface area contributed by atoms with Gasteiger partial charge in [0.2, 0.25) is 0 Å². The van der Waals surface area contributed by atoms with Gasteiger partial charge in [0.1, 0.15) is 23.2 Å². The highest BCUT2D eigenvalue weighted by Crippen LogP contribution is 2.59. The molecule has 0 radical (unpaired) electrons. The van der Waals surface area contributed by atoms with Crippen molar-refractivity contribution in [3.05, 3.63) is 150 Å². The van der Waals surface area contributed by atoms with E-state index in [1.165, 1.54) is 43.7 Å². The van der Waals surface area contributed by atoms with Crippen molar-refractivity contribution in [1.82, 2.24) is 0 Å². The maximum atomic E-state index is 2.37. The Balaban J connectivity index is 0.00000241. The topological polar surface area (TPSA) is 0 Å². The molecule has 0 saturated carbocycles. The summed E-state index contributed by atoms with van der Waals surface area (Å²) in [6.07, 6.45) is 2.06. The van der Waals surface area contributed by atoms with Crippen molar-refractivity contribution in [2.24, 2.45) is 0 Å². The van der Waals surface area contributed by atoms with Crippen LogP contribution in [-0.4, -0.2) is 0 Å². The fraction of sp³-hybridized carbons (Fsp3) is 0.0625.